The van der Waals surface area contributed by atoms with Crippen molar-refractivity contribution in [2.45, 2.75) is 30.3 Å². The highest BCUT2D eigenvalue weighted by atomic mass is 32.2. The maximum atomic E-state index is 12.8. The molecule has 0 bridgehead atoms. The summed E-state index contributed by atoms with van der Waals surface area (Å²) in [6.45, 7) is 2.09. The molecule has 0 radical (unpaired) electrons. The summed E-state index contributed by atoms with van der Waals surface area (Å²) < 4.78 is 37.5. The zero-order chi connectivity index (χ0) is 21.1. The van der Waals surface area contributed by atoms with E-state index in [4.69, 9.17) is 9.47 Å². The Bertz CT molecular complexity index is 989. The third-order valence-corrected chi connectivity index (χ3v) is 7.26. The van der Waals surface area contributed by atoms with Gasteiger partial charge < -0.3 is 14.4 Å². The number of nitrogens with zero attached hydrogens (tertiary/aromatic N) is 4. The van der Waals surface area contributed by atoms with E-state index in [1.165, 1.54) is 23.5 Å². The van der Waals surface area contributed by atoms with Gasteiger partial charge in [0.2, 0.25) is 21.8 Å². The molecule has 2 aromatic rings. The van der Waals surface area contributed by atoms with Crippen molar-refractivity contribution in [2.24, 2.45) is 0 Å². The first-order valence-corrected chi connectivity index (χ1v) is 11.4. The fourth-order valence-corrected chi connectivity index (χ4v) is 5.21. The van der Waals surface area contributed by atoms with Crippen molar-refractivity contribution in [3.8, 4) is 11.8 Å². The van der Waals surface area contributed by atoms with Crippen molar-refractivity contribution in [1.82, 2.24) is 19.4 Å². The van der Waals surface area contributed by atoms with Gasteiger partial charge in [0.05, 0.1) is 18.6 Å². The number of aromatic nitrogens is 2. The van der Waals surface area contributed by atoms with E-state index in [-0.39, 0.29) is 16.9 Å². The summed E-state index contributed by atoms with van der Waals surface area (Å²) in [5.41, 5.74) is 0.459. The van der Waals surface area contributed by atoms with E-state index in [0.717, 1.165) is 12.8 Å². The minimum atomic E-state index is -3.48. The van der Waals surface area contributed by atoms with Crippen LogP contribution in [0, 0.1) is 0 Å². The Morgan fingerprint density at radius 1 is 1.00 bits per heavy atom. The van der Waals surface area contributed by atoms with Gasteiger partial charge in [0, 0.05) is 43.8 Å². The van der Waals surface area contributed by atoms with E-state index < -0.39 is 10.0 Å². The lowest BCUT2D eigenvalue weighted by molar-refractivity contribution is 0.0771. The predicted molar refractivity (Wildman–Crippen MR) is 108 cm³/mol. The molecule has 4 rings (SSSR count). The van der Waals surface area contributed by atoms with Crippen LogP contribution in [0.3, 0.4) is 0 Å². The Balaban J connectivity index is 1.37. The highest BCUT2D eigenvalue weighted by molar-refractivity contribution is 7.89. The molecule has 30 heavy (non-hydrogen) atoms. The molecule has 1 unspecified atom stereocenters. The molecule has 1 aromatic carbocycles. The Morgan fingerprint density at radius 2 is 1.67 bits per heavy atom. The van der Waals surface area contributed by atoms with Crippen LogP contribution in [-0.2, 0) is 10.0 Å². The summed E-state index contributed by atoms with van der Waals surface area (Å²) in [5.74, 6) is 0.638. The van der Waals surface area contributed by atoms with Crippen molar-refractivity contribution in [3.05, 3.63) is 42.0 Å². The van der Waals surface area contributed by atoms with E-state index >= 15 is 0 Å². The molecule has 2 aliphatic rings. The van der Waals surface area contributed by atoms with Crippen LogP contribution in [0.2, 0.25) is 0 Å². The van der Waals surface area contributed by atoms with Gasteiger partial charge in [-0.15, -0.1) is 10.2 Å². The molecule has 2 fully saturated rings. The molecule has 3 heterocycles. The zero-order valence-corrected chi connectivity index (χ0v) is 17.5. The molecule has 1 amide bonds. The van der Waals surface area contributed by atoms with E-state index in [9.17, 15) is 13.2 Å². The van der Waals surface area contributed by atoms with Crippen LogP contribution in [0.25, 0.3) is 0 Å². The van der Waals surface area contributed by atoms with Crippen LogP contribution in [0.4, 0.5) is 0 Å². The molecule has 1 aromatic heterocycles. The van der Waals surface area contributed by atoms with Crippen LogP contribution in [0.5, 0.6) is 11.8 Å². The second-order valence-electron chi connectivity index (χ2n) is 7.33. The first-order valence-electron chi connectivity index (χ1n) is 9.91. The largest absolute Gasteiger partial charge is 0.480 e. The summed E-state index contributed by atoms with van der Waals surface area (Å²) >= 11 is 0. The first kappa shape index (κ1) is 20.5. The minimum Gasteiger partial charge on any atom is -0.480 e. The summed E-state index contributed by atoms with van der Waals surface area (Å²) in [4.78, 5) is 14.7. The summed E-state index contributed by atoms with van der Waals surface area (Å²) in [6.07, 6.45) is 2.28. The summed E-state index contributed by atoms with van der Waals surface area (Å²) in [5, 5.41) is 7.81. The fourth-order valence-electron chi connectivity index (χ4n) is 3.69. The molecular formula is C20H24N4O5S. The zero-order valence-electron chi connectivity index (χ0n) is 16.7. The van der Waals surface area contributed by atoms with Gasteiger partial charge in [0.15, 0.2) is 0 Å². The number of amides is 1. The van der Waals surface area contributed by atoms with E-state index in [2.05, 4.69) is 10.2 Å². The lowest BCUT2D eigenvalue weighted by atomic mass is 10.2. The maximum Gasteiger partial charge on any atom is 0.253 e. The van der Waals surface area contributed by atoms with Gasteiger partial charge in [-0.25, -0.2) is 8.42 Å². The van der Waals surface area contributed by atoms with Crippen molar-refractivity contribution < 1.29 is 22.7 Å². The third-order valence-electron chi connectivity index (χ3n) is 5.35. The molecule has 0 aliphatic carbocycles. The molecule has 2 aliphatic heterocycles. The molecule has 1 atom stereocenters. The topological polar surface area (TPSA) is 102 Å². The molecular weight excluding hydrogens is 408 g/mol. The van der Waals surface area contributed by atoms with Crippen LogP contribution in [0.15, 0.2) is 41.3 Å². The number of sulfonamides is 1. The van der Waals surface area contributed by atoms with Crippen molar-refractivity contribution in [2.75, 3.05) is 33.3 Å². The lowest BCUT2D eigenvalue weighted by Gasteiger charge is -2.18. The number of hydrogen-bond donors (Lipinski definition) is 0. The Hall–Kier alpha value is -2.72. The SMILES string of the molecule is COc1ccc(OC2CCN(C(=O)c3ccc(S(=O)(=O)N4CCCC4)cc3)C2)nn1. The Labute approximate surface area is 175 Å². The molecule has 10 heteroatoms. The van der Waals surface area contributed by atoms with Gasteiger partial charge in [-0.3, -0.25) is 4.79 Å². The summed E-state index contributed by atoms with van der Waals surface area (Å²) in [6, 6.07) is 9.52. The van der Waals surface area contributed by atoms with Gasteiger partial charge >= 0.3 is 0 Å². The molecule has 0 saturated carbocycles. The standard InChI is InChI=1S/C20H24N4O5S/c1-28-18-8-9-19(22-21-18)29-16-10-13-23(14-16)20(25)15-4-6-17(7-5-15)30(26,27)24-11-2-3-12-24/h4-9,16H,2-3,10-14H2,1H3. The number of benzene rings is 1. The number of hydrogen-bond acceptors (Lipinski definition) is 7. The monoisotopic (exact) mass is 432 g/mol. The quantitative estimate of drug-likeness (QED) is 0.683. The van der Waals surface area contributed by atoms with Crippen molar-refractivity contribution in [1.29, 1.82) is 0 Å². The molecule has 0 spiro atoms. The van der Waals surface area contributed by atoms with Gasteiger partial charge in [0.1, 0.15) is 6.10 Å². The highest BCUT2D eigenvalue weighted by Gasteiger charge is 2.30. The Kier molecular flexibility index (Phi) is 5.87. The minimum absolute atomic E-state index is 0.146. The van der Waals surface area contributed by atoms with Crippen molar-refractivity contribution in [3.63, 3.8) is 0 Å². The number of carbonyl (C=O) groups is 1. The third kappa shape index (κ3) is 4.24. The Morgan fingerprint density at radius 3 is 2.30 bits per heavy atom. The van der Waals surface area contributed by atoms with E-state index in [0.29, 0.717) is 49.9 Å². The molecule has 160 valence electrons. The number of methoxy groups -OCH3 is 1. The second-order valence-corrected chi connectivity index (χ2v) is 9.27. The molecule has 0 N–H and O–H groups in total. The van der Waals surface area contributed by atoms with Gasteiger partial charge in [-0.2, -0.15) is 4.31 Å². The van der Waals surface area contributed by atoms with Crippen LogP contribution < -0.4 is 9.47 Å². The van der Waals surface area contributed by atoms with Crippen LogP contribution in [0.1, 0.15) is 29.6 Å². The second kappa shape index (κ2) is 8.57. The average molecular weight is 433 g/mol. The van der Waals surface area contributed by atoms with Crippen LogP contribution in [-0.4, -0.2) is 73.1 Å². The van der Waals surface area contributed by atoms with Crippen LogP contribution >= 0.6 is 0 Å². The molecule has 2 saturated heterocycles. The van der Waals surface area contributed by atoms with E-state index in [1.54, 1.807) is 29.2 Å². The summed E-state index contributed by atoms with van der Waals surface area (Å²) in [7, 11) is -1.97. The fraction of sp³-hybridized carbons (Fsp3) is 0.450. The number of likely N-dealkylation sites (tertiary alicyclic amines) is 1. The first-order chi connectivity index (χ1) is 14.5. The molecule has 9 nitrogen and oxygen atoms in total. The maximum absolute atomic E-state index is 12.8. The normalized spacial score (nSPS) is 19.8. The van der Waals surface area contributed by atoms with E-state index in [1.807, 2.05) is 0 Å². The highest BCUT2D eigenvalue weighted by Crippen LogP contribution is 2.23. The van der Waals surface area contributed by atoms with Gasteiger partial charge in [0.25, 0.3) is 5.91 Å². The number of carbonyl (C=O) groups excluding carboxylic acids is 1. The number of ether oxygens (including phenoxy) is 2. The van der Waals surface area contributed by atoms with Gasteiger partial charge in [-0.05, 0) is 37.1 Å². The lowest BCUT2D eigenvalue weighted by Crippen LogP contribution is -2.31. The smallest absolute Gasteiger partial charge is 0.253 e. The number of rotatable bonds is 6. The average Bonchev–Trinajstić information content (AvgIpc) is 3.47. The predicted octanol–water partition coefficient (Wildman–Crippen LogP) is 1.56. The van der Waals surface area contributed by atoms with Gasteiger partial charge in [-0.1, -0.05) is 0 Å². The van der Waals surface area contributed by atoms with Crippen molar-refractivity contribution >= 4 is 15.9 Å².